The van der Waals surface area contributed by atoms with E-state index in [4.69, 9.17) is 0 Å². The van der Waals surface area contributed by atoms with E-state index < -0.39 is 11.2 Å². The van der Waals surface area contributed by atoms with Gasteiger partial charge in [-0.05, 0) is 0 Å². The van der Waals surface area contributed by atoms with Gasteiger partial charge in [-0.1, -0.05) is 0 Å². The van der Waals surface area contributed by atoms with Crippen LogP contribution in [0.25, 0.3) is 0 Å². The number of nitrogens with one attached hydrogen (secondary N) is 2. The van der Waals surface area contributed by atoms with E-state index in [-0.39, 0.29) is 0 Å². The van der Waals surface area contributed by atoms with Gasteiger partial charge >= 0.3 is 5.69 Å². The van der Waals surface area contributed by atoms with Crippen molar-refractivity contribution in [3.63, 3.8) is 0 Å². The summed E-state index contributed by atoms with van der Waals surface area (Å²) < 4.78 is 0. The standard InChI is InChI=1S/C7H11N5O2/c13-6-5(10-11-7(14)9-6)12-3-1-8-2-4-12/h8H,1-4H2,(H2,9,11,13,14)/p+1. The van der Waals surface area contributed by atoms with Crippen molar-refractivity contribution in [3.8, 4) is 0 Å². The molecule has 1 aliphatic rings. The molecule has 2 heterocycles. The van der Waals surface area contributed by atoms with Gasteiger partial charge in [0, 0.05) is 0 Å². The average molecular weight is 198 g/mol. The number of nitrogens with two attached hydrogens (primary N) is 1. The first-order valence-electron chi connectivity index (χ1n) is 4.53. The Labute approximate surface area is 79.1 Å². The first kappa shape index (κ1) is 8.95. The maximum absolute atomic E-state index is 11.3. The van der Waals surface area contributed by atoms with Crippen LogP contribution in [0.3, 0.4) is 0 Å². The molecular weight excluding hydrogens is 186 g/mol. The predicted octanol–water partition coefficient (Wildman–Crippen LogP) is -3.16. The summed E-state index contributed by atoms with van der Waals surface area (Å²) in [7, 11) is 0. The zero-order valence-electron chi connectivity index (χ0n) is 7.62. The van der Waals surface area contributed by atoms with Crippen molar-refractivity contribution in [1.29, 1.82) is 0 Å². The molecule has 0 radical (unpaired) electrons. The number of hydrogen-bond acceptors (Lipinski definition) is 4. The average Bonchev–Trinajstić information content (AvgIpc) is 2.19. The number of piperazine rings is 1. The van der Waals surface area contributed by atoms with Gasteiger partial charge in [0.05, 0.1) is 26.2 Å². The molecular formula is C7H12N5O2+. The van der Waals surface area contributed by atoms with Crippen molar-refractivity contribution in [2.75, 3.05) is 31.1 Å². The summed E-state index contributed by atoms with van der Waals surface area (Å²) in [5, 5.41) is 8.13. The number of quaternary nitrogens is 1. The van der Waals surface area contributed by atoms with Crippen LogP contribution in [-0.4, -0.2) is 41.4 Å². The van der Waals surface area contributed by atoms with Crippen LogP contribution >= 0.6 is 0 Å². The molecule has 76 valence electrons. The number of rotatable bonds is 1. The molecule has 14 heavy (non-hydrogen) atoms. The molecule has 0 saturated carbocycles. The third-order valence-electron chi connectivity index (χ3n) is 2.20. The number of nitrogens with zero attached hydrogens (tertiary/aromatic N) is 2. The molecule has 0 unspecified atom stereocenters. The van der Waals surface area contributed by atoms with Crippen LogP contribution < -0.4 is 21.5 Å². The fraction of sp³-hybridized carbons (Fsp3) is 0.571. The second kappa shape index (κ2) is 3.62. The Morgan fingerprint density at radius 2 is 2.00 bits per heavy atom. The Morgan fingerprint density at radius 1 is 1.29 bits per heavy atom. The zero-order valence-corrected chi connectivity index (χ0v) is 7.62. The van der Waals surface area contributed by atoms with Gasteiger partial charge < -0.3 is 10.2 Å². The number of aromatic amines is 2. The Balaban J connectivity index is 2.31. The first-order chi connectivity index (χ1) is 6.77. The fourth-order valence-electron chi connectivity index (χ4n) is 1.52. The second-order valence-corrected chi connectivity index (χ2v) is 3.18. The van der Waals surface area contributed by atoms with Crippen LogP contribution in [0.2, 0.25) is 0 Å². The third-order valence-corrected chi connectivity index (χ3v) is 2.20. The van der Waals surface area contributed by atoms with E-state index in [2.05, 4.69) is 20.5 Å². The number of H-pyrrole nitrogens is 2. The number of anilines is 1. The Hall–Kier alpha value is -1.63. The molecule has 0 bridgehead atoms. The Bertz CT molecular complexity index is 417. The lowest BCUT2D eigenvalue weighted by Gasteiger charge is -2.24. The van der Waals surface area contributed by atoms with Crippen LogP contribution in [0.15, 0.2) is 9.59 Å². The van der Waals surface area contributed by atoms with Crippen molar-refractivity contribution in [2.24, 2.45) is 0 Å². The summed E-state index contributed by atoms with van der Waals surface area (Å²) in [4.78, 5) is 26.1. The normalized spacial score (nSPS) is 17.0. The van der Waals surface area contributed by atoms with Gasteiger partial charge in [-0.3, -0.25) is 9.78 Å². The number of hydrogen-bond donors (Lipinski definition) is 3. The smallest absolute Gasteiger partial charge is 0.342 e. The summed E-state index contributed by atoms with van der Waals surface area (Å²) in [6.45, 7) is 3.45. The zero-order chi connectivity index (χ0) is 9.97. The molecule has 0 atom stereocenters. The molecule has 2 rings (SSSR count). The Morgan fingerprint density at radius 3 is 2.64 bits per heavy atom. The van der Waals surface area contributed by atoms with E-state index >= 15 is 0 Å². The highest BCUT2D eigenvalue weighted by molar-refractivity contribution is 5.33. The minimum Gasteiger partial charge on any atom is -0.343 e. The van der Waals surface area contributed by atoms with Crippen LogP contribution in [-0.2, 0) is 0 Å². The summed E-state index contributed by atoms with van der Waals surface area (Å²) >= 11 is 0. The molecule has 1 aromatic rings. The molecule has 1 aromatic heterocycles. The molecule has 0 aliphatic carbocycles. The van der Waals surface area contributed by atoms with E-state index in [9.17, 15) is 9.59 Å². The fourth-order valence-corrected chi connectivity index (χ4v) is 1.52. The van der Waals surface area contributed by atoms with Crippen molar-refractivity contribution in [2.45, 2.75) is 0 Å². The van der Waals surface area contributed by atoms with Gasteiger partial charge in [-0.15, -0.1) is 5.10 Å². The van der Waals surface area contributed by atoms with E-state index in [1.165, 1.54) is 0 Å². The number of aromatic nitrogens is 3. The third kappa shape index (κ3) is 1.67. The second-order valence-electron chi connectivity index (χ2n) is 3.18. The van der Waals surface area contributed by atoms with E-state index in [0.717, 1.165) is 26.2 Å². The maximum Gasteiger partial charge on any atom is 0.342 e. The largest absolute Gasteiger partial charge is 0.343 e. The highest BCUT2D eigenvalue weighted by Gasteiger charge is 2.16. The molecule has 0 amide bonds. The summed E-state index contributed by atoms with van der Waals surface area (Å²) in [5.41, 5.74) is -0.988. The molecule has 7 heteroatoms. The molecule has 7 nitrogen and oxygen atoms in total. The SMILES string of the molecule is O=c1[nH]nc(N2CC[NH2+]CC2)c(=O)[nH]1. The minimum absolute atomic E-state index is 0.303. The van der Waals surface area contributed by atoms with E-state index in [0.29, 0.717) is 5.82 Å². The minimum atomic E-state index is -0.567. The molecule has 0 aromatic carbocycles. The van der Waals surface area contributed by atoms with Crippen LogP contribution in [0.1, 0.15) is 0 Å². The van der Waals surface area contributed by atoms with Crippen LogP contribution in [0.4, 0.5) is 5.82 Å². The van der Waals surface area contributed by atoms with E-state index in [1.807, 2.05) is 4.90 Å². The molecule has 1 saturated heterocycles. The lowest BCUT2D eigenvalue weighted by atomic mass is 10.4. The van der Waals surface area contributed by atoms with Crippen LogP contribution in [0.5, 0.6) is 0 Å². The lowest BCUT2D eigenvalue weighted by molar-refractivity contribution is -0.655. The topological polar surface area (TPSA) is 98.5 Å². The van der Waals surface area contributed by atoms with E-state index in [1.54, 1.807) is 0 Å². The van der Waals surface area contributed by atoms with Gasteiger partial charge in [0.1, 0.15) is 0 Å². The summed E-state index contributed by atoms with van der Waals surface area (Å²) in [6.07, 6.45) is 0. The van der Waals surface area contributed by atoms with Gasteiger partial charge in [0.25, 0.3) is 5.56 Å². The molecule has 4 N–H and O–H groups in total. The maximum atomic E-state index is 11.3. The van der Waals surface area contributed by atoms with Crippen LogP contribution in [0, 0.1) is 0 Å². The van der Waals surface area contributed by atoms with Gasteiger partial charge in [-0.2, -0.15) is 0 Å². The lowest BCUT2D eigenvalue weighted by Crippen LogP contribution is -2.90. The quantitative estimate of drug-likeness (QED) is 0.443. The first-order valence-corrected chi connectivity index (χ1v) is 4.53. The van der Waals surface area contributed by atoms with Crippen molar-refractivity contribution in [3.05, 3.63) is 20.8 Å². The van der Waals surface area contributed by atoms with Gasteiger partial charge in [0.15, 0.2) is 0 Å². The van der Waals surface area contributed by atoms with Crippen molar-refractivity contribution in [1.82, 2.24) is 15.2 Å². The van der Waals surface area contributed by atoms with Crippen molar-refractivity contribution >= 4 is 5.82 Å². The molecule has 1 fully saturated rings. The van der Waals surface area contributed by atoms with Gasteiger partial charge in [0.2, 0.25) is 5.82 Å². The highest BCUT2D eigenvalue weighted by Crippen LogP contribution is 1.98. The Kier molecular flexibility index (Phi) is 2.32. The summed E-state index contributed by atoms with van der Waals surface area (Å²) in [5.74, 6) is 0.303. The summed E-state index contributed by atoms with van der Waals surface area (Å²) in [6, 6.07) is 0. The monoisotopic (exact) mass is 198 g/mol. The van der Waals surface area contributed by atoms with Gasteiger partial charge in [-0.25, -0.2) is 9.89 Å². The predicted molar refractivity (Wildman–Crippen MR) is 49.4 cm³/mol. The van der Waals surface area contributed by atoms with Crippen molar-refractivity contribution < 1.29 is 5.32 Å². The molecule has 1 aliphatic heterocycles. The molecule has 0 spiro atoms. The highest BCUT2D eigenvalue weighted by atomic mass is 16.2.